The first-order valence-electron chi connectivity index (χ1n) is 7.94. The average molecular weight is 318 g/mol. The van der Waals surface area contributed by atoms with Crippen molar-refractivity contribution in [2.24, 2.45) is 0 Å². The molecule has 0 atom stereocenters. The van der Waals surface area contributed by atoms with Crippen LogP contribution in [0, 0.1) is 0 Å². The van der Waals surface area contributed by atoms with E-state index in [0.717, 1.165) is 50.3 Å². The Morgan fingerprint density at radius 3 is 2.91 bits per heavy atom. The predicted octanol–water partition coefficient (Wildman–Crippen LogP) is 2.70. The van der Waals surface area contributed by atoms with E-state index in [9.17, 15) is 4.79 Å². The number of thiophene rings is 1. The summed E-state index contributed by atoms with van der Waals surface area (Å²) in [6.07, 6.45) is 5.41. The summed E-state index contributed by atoms with van der Waals surface area (Å²) in [6.45, 7) is 4.79. The quantitative estimate of drug-likeness (QED) is 0.851. The number of aromatic nitrogens is 3. The van der Waals surface area contributed by atoms with Crippen molar-refractivity contribution in [1.82, 2.24) is 19.7 Å². The van der Waals surface area contributed by atoms with Crippen LogP contribution in [-0.4, -0.2) is 38.7 Å². The highest BCUT2D eigenvalue weighted by Gasteiger charge is 2.26. The molecule has 0 aromatic carbocycles. The SMILES string of the molecule is CCCn1cnnc1C1CCN(C(=O)Cc2ccsc2)CC1. The lowest BCUT2D eigenvalue weighted by Gasteiger charge is -2.31. The number of nitrogens with zero attached hydrogens (tertiary/aromatic N) is 4. The first-order valence-corrected chi connectivity index (χ1v) is 8.88. The van der Waals surface area contributed by atoms with Gasteiger partial charge in [0.1, 0.15) is 12.2 Å². The minimum Gasteiger partial charge on any atom is -0.342 e. The maximum absolute atomic E-state index is 12.3. The van der Waals surface area contributed by atoms with Crippen molar-refractivity contribution >= 4 is 17.2 Å². The average Bonchev–Trinajstić information content (AvgIpc) is 3.19. The van der Waals surface area contributed by atoms with Gasteiger partial charge in [0.05, 0.1) is 6.42 Å². The first-order chi connectivity index (χ1) is 10.8. The van der Waals surface area contributed by atoms with Crippen LogP contribution in [0.1, 0.15) is 43.5 Å². The van der Waals surface area contributed by atoms with Gasteiger partial charge in [-0.1, -0.05) is 6.92 Å². The van der Waals surface area contributed by atoms with E-state index < -0.39 is 0 Å². The third-order valence-corrected chi connectivity index (χ3v) is 4.99. The lowest BCUT2D eigenvalue weighted by atomic mass is 9.95. The molecule has 0 N–H and O–H groups in total. The monoisotopic (exact) mass is 318 g/mol. The second-order valence-corrected chi connectivity index (χ2v) is 6.63. The summed E-state index contributed by atoms with van der Waals surface area (Å²) in [5.41, 5.74) is 1.12. The van der Waals surface area contributed by atoms with Crippen LogP contribution in [-0.2, 0) is 17.8 Å². The Morgan fingerprint density at radius 2 is 2.23 bits per heavy atom. The smallest absolute Gasteiger partial charge is 0.227 e. The molecule has 2 aromatic rings. The molecule has 0 spiro atoms. The van der Waals surface area contributed by atoms with Crippen LogP contribution in [0.3, 0.4) is 0 Å². The van der Waals surface area contributed by atoms with E-state index in [2.05, 4.69) is 27.1 Å². The molecule has 0 unspecified atom stereocenters. The molecule has 3 heterocycles. The van der Waals surface area contributed by atoms with Crippen LogP contribution in [0.2, 0.25) is 0 Å². The van der Waals surface area contributed by atoms with Crippen molar-refractivity contribution < 1.29 is 4.79 Å². The lowest BCUT2D eigenvalue weighted by molar-refractivity contribution is -0.131. The summed E-state index contributed by atoms with van der Waals surface area (Å²) >= 11 is 1.64. The number of hydrogen-bond donors (Lipinski definition) is 0. The minimum absolute atomic E-state index is 0.242. The standard InChI is InChI=1S/C16H22N4OS/c1-2-6-20-12-17-18-16(20)14-3-7-19(8-4-14)15(21)10-13-5-9-22-11-13/h5,9,11-12,14H,2-4,6-8,10H2,1H3. The van der Waals surface area contributed by atoms with Gasteiger partial charge in [-0.3, -0.25) is 4.79 Å². The Labute approximate surface area is 135 Å². The molecule has 2 aromatic heterocycles. The van der Waals surface area contributed by atoms with E-state index in [4.69, 9.17) is 0 Å². The second-order valence-electron chi connectivity index (χ2n) is 5.85. The number of carbonyl (C=O) groups is 1. The second kappa shape index (κ2) is 7.05. The molecular weight excluding hydrogens is 296 g/mol. The molecule has 1 aliphatic heterocycles. The van der Waals surface area contributed by atoms with Crippen molar-refractivity contribution in [1.29, 1.82) is 0 Å². The minimum atomic E-state index is 0.242. The normalized spacial score (nSPS) is 16.1. The fourth-order valence-corrected chi connectivity index (χ4v) is 3.73. The molecule has 1 aliphatic rings. The number of amides is 1. The third kappa shape index (κ3) is 3.38. The van der Waals surface area contributed by atoms with Gasteiger partial charge in [0.2, 0.25) is 5.91 Å². The van der Waals surface area contributed by atoms with Gasteiger partial charge in [-0.15, -0.1) is 10.2 Å². The highest BCUT2D eigenvalue weighted by molar-refractivity contribution is 7.07. The Balaban J connectivity index is 1.55. The number of hydrogen-bond acceptors (Lipinski definition) is 4. The molecule has 3 rings (SSSR count). The molecule has 5 nitrogen and oxygen atoms in total. The van der Waals surface area contributed by atoms with Crippen LogP contribution in [0.4, 0.5) is 0 Å². The van der Waals surface area contributed by atoms with Crippen molar-refractivity contribution in [2.75, 3.05) is 13.1 Å². The van der Waals surface area contributed by atoms with Gasteiger partial charge < -0.3 is 9.47 Å². The molecule has 0 saturated carbocycles. The Morgan fingerprint density at radius 1 is 1.41 bits per heavy atom. The fourth-order valence-electron chi connectivity index (χ4n) is 3.06. The van der Waals surface area contributed by atoms with Crippen molar-refractivity contribution in [3.63, 3.8) is 0 Å². The van der Waals surface area contributed by atoms with Gasteiger partial charge in [0.25, 0.3) is 0 Å². The van der Waals surface area contributed by atoms with Crippen LogP contribution in [0.25, 0.3) is 0 Å². The molecular formula is C16H22N4OS. The highest BCUT2D eigenvalue weighted by Crippen LogP contribution is 2.27. The van der Waals surface area contributed by atoms with Gasteiger partial charge in [0.15, 0.2) is 0 Å². The molecule has 1 amide bonds. The number of aryl methyl sites for hydroxylation is 1. The topological polar surface area (TPSA) is 51.0 Å². The largest absolute Gasteiger partial charge is 0.342 e. The van der Waals surface area contributed by atoms with Crippen LogP contribution in [0.15, 0.2) is 23.2 Å². The molecule has 1 saturated heterocycles. The summed E-state index contributed by atoms with van der Waals surface area (Å²) in [5.74, 6) is 1.76. The van der Waals surface area contributed by atoms with Gasteiger partial charge in [-0.2, -0.15) is 11.3 Å². The van der Waals surface area contributed by atoms with Crippen molar-refractivity contribution in [3.8, 4) is 0 Å². The van der Waals surface area contributed by atoms with Gasteiger partial charge in [-0.05, 0) is 41.7 Å². The van der Waals surface area contributed by atoms with E-state index in [1.165, 1.54) is 0 Å². The number of rotatable bonds is 5. The summed E-state index contributed by atoms with van der Waals surface area (Å²) in [4.78, 5) is 14.3. The maximum atomic E-state index is 12.3. The summed E-state index contributed by atoms with van der Waals surface area (Å²) in [6, 6.07) is 2.03. The van der Waals surface area contributed by atoms with E-state index in [0.29, 0.717) is 12.3 Å². The number of carbonyl (C=O) groups excluding carboxylic acids is 1. The molecule has 118 valence electrons. The van der Waals surface area contributed by atoms with E-state index in [1.807, 2.05) is 22.7 Å². The Hall–Kier alpha value is -1.69. The molecule has 0 radical (unpaired) electrons. The first kappa shape index (κ1) is 15.2. The molecule has 1 fully saturated rings. The summed E-state index contributed by atoms with van der Waals surface area (Å²) < 4.78 is 2.16. The maximum Gasteiger partial charge on any atom is 0.227 e. The molecule has 22 heavy (non-hydrogen) atoms. The Bertz CT molecular complexity index is 599. The third-order valence-electron chi connectivity index (χ3n) is 4.26. The number of piperidine rings is 1. The van der Waals surface area contributed by atoms with Gasteiger partial charge in [-0.25, -0.2) is 0 Å². The zero-order chi connectivity index (χ0) is 15.4. The number of likely N-dealkylation sites (tertiary alicyclic amines) is 1. The van der Waals surface area contributed by atoms with Gasteiger partial charge >= 0.3 is 0 Å². The summed E-state index contributed by atoms with van der Waals surface area (Å²) in [5, 5.41) is 12.4. The van der Waals surface area contributed by atoms with Crippen molar-refractivity contribution in [2.45, 2.75) is 45.1 Å². The van der Waals surface area contributed by atoms with Crippen LogP contribution in [0.5, 0.6) is 0 Å². The predicted molar refractivity (Wildman–Crippen MR) is 86.9 cm³/mol. The lowest BCUT2D eigenvalue weighted by Crippen LogP contribution is -2.39. The van der Waals surface area contributed by atoms with Gasteiger partial charge in [0, 0.05) is 25.6 Å². The highest BCUT2D eigenvalue weighted by atomic mass is 32.1. The van der Waals surface area contributed by atoms with E-state index in [-0.39, 0.29) is 5.91 Å². The Kier molecular flexibility index (Phi) is 4.87. The zero-order valence-corrected chi connectivity index (χ0v) is 13.8. The molecule has 0 bridgehead atoms. The van der Waals surface area contributed by atoms with E-state index in [1.54, 1.807) is 11.3 Å². The van der Waals surface area contributed by atoms with E-state index >= 15 is 0 Å². The molecule has 0 aliphatic carbocycles. The van der Waals surface area contributed by atoms with Crippen LogP contribution >= 0.6 is 11.3 Å². The van der Waals surface area contributed by atoms with Crippen LogP contribution < -0.4 is 0 Å². The summed E-state index contributed by atoms with van der Waals surface area (Å²) in [7, 11) is 0. The zero-order valence-electron chi connectivity index (χ0n) is 12.9. The fraction of sp³-hybridized carbons (Fsp3) is 0.562. The van der Waals surface area contributed by atoms with Crippen molar-refractivity contribution in [3.05, 3.63) is 34.5 Å². The molecule has 6 heteroatoms.